The lowest BCUT2D eigenvalue weighted by molar-refractivity contribution is 0.0378. The number of anilines is 1. The van der Waals surface area contributed by atoms with Crippen molar-refractivity contribution in [1.82, 2.24) is 0 Å². The van der Waals surface area contributed by atoms with Crippen LogP contribution >= 0.6 is 0 Å². The molecule has 2 aromatic rings. The number of amides is 1. The Morgan fingerprint density at radius 3 is 2.42 bits per heavy atom. The molecule has 0 aliphatic heterocycles. The molecule has 0 spiro atoms. The van der Waals surface area contributed by atoms with Crippen LogP contribution in [0.15, 0.2) is 48.5 Å². The molecule has 0 fully saturated rings. The lowest BCUT2D eigenvalue weighted by Gasteiger charge is -2.10. The molecule has 1 amide bonds. The van der Waals surface area contributed by atoms with Crippen molar-refractivity contribution in [2.45, 2.75) is 39.7 Å². The molecule has 2 aromatic carbocycles. The second-order valence-corrected chi connectivity index (χ2v) is 6.22. The highest BCUT2D eigenvalue weighted by molar-refractivity contribution is 6.04. The number of carbonyl (C=O) groups is 2. The Morgan fingerprint density at radius 2 is 1.77 bits per heavy atom. The maximum atomic E-state index is 12.4. The Bertz CT molecular complexity index is 738. The van der Waals surface area contributed by atoms with Gasteiger partial charge in [-0.2, -0.15) is 0 Å². The normalized spacial score (nSPS) is 10.5. The van der Waals surface area contributed by atoms with E-state index in [4.69, 9.17) is 9.47 Å². The smallest absolute Gasteiger partial charge is 0.338 e. The van der Waals surface area contributed by atoms with E-state index in [2.05, 4.69) is 12.2 Å². The van der Waals surface area contributed by atoms with Crippen molar-refractivity contribution in [3.8, 4) is 5.75 Å². The predicted octanol–water partition coefficient (Wildman–Crippen LogP) is 4.68. The molecule has 0 heterocycles. The zero-order valence-electron chi connectivity index (χ0n) is 15.5. The quantitative estimate of drug-likeness (QED) is 0.551. The predicted molar refractivity (Wildman–Crippen MR) is 102 cm³/mol. The van der Waals surface area contributed by atoms with Gasteiger partial charge in [-0.1, -0.05) is 19.4 Å². The van der Waals surface area contributed by atoms with Crippen molar-refractivity contribution in [3.05, 3.63) is 59.7 Å². The molecule has 0 saturated carbocycles. The molecule has 5 nitrogen and oxygen atoms in total. The summed E-state index contributed by atoms with van der Waals surface area (Å²) < 4.78 is 10.8. The van der Waals surface area contributed by atoms with E-state index in [9.17, 15) is 9.59 Å². The molecule has 138 valence electrons. The summed E-state index contributed by atoms with van der Waals surface area (Å²) in [6, 6.07) is 13.7. The van der Waals surface area contributed by atoms with Gasteiger partial charge in [0.05, 0.1) is 18.3 Å². The number of hydrogen-bond acceptors (Lipinski definition) is 4. The van der Waals surface area contributed by atoms with Crippen molar-refractivity contribution in [2.24, 2.45) is 0 Å². The van der Waals surface area contributed by atoms with Gasteiger partial charge in [0, 0.05) is 11.3 Å². The second-order valence-electron chi connectivity index (χ2n) is 6.22. The number of nitrogens with one attached hydrogen (secondary N) is 1. The number of hydrogen-bond donors (Lipinski definition) is 1. The molecule has 0 aromatic heterocycles. The van der Waals surface area contributed by atoms with Crippen molar-refractivity contribution < 1.29 is 19.1 Å². The van der Waals surface area contributed by atoms with Crippen molar-refractivity contribution in [2.75, 3.05) is 11.9 Å². The number of ether oxygens (including phenoxy) is 2. The van der Waals surface area contributed by atoms with Gasteiger partial charge in [0.15, 0.2) is 0 Å². The second kappa shape index (κ2) is 9.61. The zero-order valence-corrected chi connectivity index (χ0v) is 15.5. The van der Waals surface area contributed by atoms with Crippen LogP contribution in [0.1, 0.15) is 54.3 Å². The van der Waals surface area contributed by atoms with Crippen LogP contribution in [0.5, 0.6) is 5.75 Å². The van der Waals surface area contributed by atoms with Gasteiger partial charge in [-0.3, -0.25) is 4.79 Å². The minimum Gasteiger partial charge on any atom is -0.494 e. The summed E-state index contributed by atoms with van der Waals surface area (Å²) in [4.78, 5) is 24.2. The summed E-state index contributed by atoms with van der Waals surface area (Å²) in [5.41, 5.74) is 1.57. The summed E-state index contributed by atoms with van der Waals surface area (Å²) in [6.07, 6.45) is 1.86. The molecule has 0 bridgehead atoms. The van der Waals surface area contributed by atoms with Crippen molar-refractivity contribution >= 4 is 17.6 Å². The van der Waals surface area contributed by atoms with Crippen LogP contribution in [0.4, 0.5) is 5.69 Å². The van der Waals surface area contributed by atoms with E-state index < -0.39 is 0 Å². The lowest BCUT2D eigenvalue weighted by Crippen LogP contribution is -2.13. The summed E-state index contributed by atoms with van der Waals surface area (Å²) in [5.74, 6) is 0.0659. The summed E-state index contributed by atoms with van der Waals surface area (Å²) >= 11 is 0. The molecular weight excluding hydrogens is 330 g/mol. The largest absolute Gasteiger partial charge is 0.494 e. The Balaban J connectivity index is 1.99. The molecule has 5 heteroatoms. The van der Waals surface area contributed by atoms with Crippen LogP contribution in [-0.2, 0) is 4.74 Å². The van der Waals surface area contributed by atoms with E-state index in [1.165, 1.54) is 0 Å². The van der Waals surface area contributed by atoms with Crippen LogP contribution < -0.4 is 10.1 Å². The first kappa shape index (κ1) is 19.5. The average Bonchev–Trinajstić information content (AvgIpc) is 2.62. The number of esters is 1. The van der Waals surface area contributed by atoms with Crippen LogP contribution in [0.2, 0.25) is 0 Å². The van der Waals surface area contributed by atoms with Crippen molar-refractivity contribution in [1.29, 1.82) is 0 Å². The highest BCUT2D eigenvalue weighted by Crippen LogP contribution is 2.17. The molecule has 0 saturated heterocycles. The first-order chi connectivity index (χ1) is 12.5. The van der Waals surface area contributed by atoms with Crippen LogP contribution in [-0.4, -0.2) is 24.6 Å². The van der Waals surface area contributed by atoms with Crippen LogP contribution in [0.3, 0.4) is 0 Å². The number of carbonyl (C=O) groups excluding carboxylic acids is 2. The Hall–Kier alpha value is -2.82. The molecule has 0 unspecified atom stereocenters. The standard InChI is InChI=1S/C21H25NO4/c1-4-5-13-25-19-8-6-7-17(14-19)20(23)22-18-11-9-16(10-12-18)21(24)26-15(2)3/h6-12,14-15H,4-5,13H2,1-3H3,(H,22,23). The Labute approximate surface area is 154 Å². The van der Waals surface area contributed by atoms with Gasteiger partial charge in [-0.05, 0) is 62.7 Å². The Morgan fingerprint density at radius 1 is 1.04 bits per heavy atom. The first-order valence-electron chi connectivity index (χ1n) is 8.85. The Kier molecular flexibility index (Phi) is 7.21. The maximum Gasteiger partial charge on any atom is 0.338 e. The monoisotopic (exact) mass is 355 g/mol. The fourth-order valence-electron chi connectivity index (χ4n) is 2.24. The molecule has 0 atom stereocenters. The molecule has 0 radical (unpaired) electrons. The minimum absolute atomic E-state index is 0.172. The third-order valence-electron chi connectivity index (χ3n) is 3.58. The van der Waals surface area contributed by atoms with Gasteiger partial charge in [0.25, 0.3) is 5.91 Å². The molecular formula is C21H25NO4. The van der Waals surface area contributed by atoms with Gasteiger partial charge >= 0.3 is 5.97 Å². The van der Waals surface area contributed by atoms with E-state index in [-0.39, 0.29) is 18.0 Å². The van der Waals surface area contributed by atoms with Crippen LogP contribution in [0, 0.1) is 0 Å². The third-order valence-corrected chi connectivity index (χ3v) is 3.58. The SMILES string of the molecule is CCCCOc1cccc(C(=O)Nc2ccc(C(=O)OC(C)C)cc2)c1. The summed E-state index contributed by atoms with van der Waals surface area (Å²) in [7, 11) is 0. The van der Waals surface area contributed by atoms with E-state index in [0.29, 0.717) is 29.2 Å². The number of benzene rings is 2. The van der Waals surface area contributed by atoms with Crippen molar-refractivity contribution in [3.63, 3.8) is 0 Å². The van der Waals surface area contributed by atoms with Gasteiger partial charge < -0.3 is 14.8 Å². The number of unbranched alkanes of at least 4 members (excludes halogenated alkanes) is 1. The fraction of sp³-hybridized carbons (Fsp3) is 0.333. The molecule has 0 aliphatic carbocycles. The minimum atomic E-state index is -0.380. The summed E-state index contributed by atoms with van der Waals surface area (Å²) in [5, 5.41) is 2.81. The maximum absolute atomic E-state index is 12.4. The first-order valence-corrected chi connectivity index (χ1v) is 8.85. The van der Waals surface area contributed by atoms with Crippen LogP contribution in [0.25, 0.3) is 0 Å². The average molecular weight is 355 g/mol. The summed E-state index contributed by atoms with van der Waals surface area (Å²) in [6.45, 7) is 6.33. The third kappa shape index (κ3) is 5.92. The van der Waals surface area contributed by atoms with Gasteiger partial charge in [0.2, 0.25) is 0 Å². The lowest BCUT2D eigenvalue weighted by atomic mass is 10.1. The topological polar surface area (TPSA) is 64.6 Å². The number of rotatable bonds is 8. The van der Waals surface area contributed by atoms with E-state index >= 15 is 0 Å². The highest BCUT2D eigenvalue weighted by atomic mass is 16.5. The van der Waals surface area contributed by atoms with Gasteiger partial charge in [-0.15, -0.1) is 0 Å². The zero-order chi connectivity index (χ0) is 18.9. The molecule has 2 rings (SSSR count). The van der Waals surface area contributed by atoms with E-state index in [0.717, 1.165) is 12.8 Å². The van der Waals surface area contributed by atoms with Gasteiger partial charge in [0.1, 0.15) is 5.75 Å². The van der Waals surface area contributed by atoms with Gasteiger partial charge in [-0.25, -0.2) is 4.79 Å². The molecule has 26 heavy (non-hydrogen) atoms. The van der Waals surface area contributed by atoms with E-state index in [1.807, 2.05) is 6.07 Å². The molecule has 1 N–H and O–H groups in total. The molecule has 0 aliphatic rings. The highest BCUT2D eigenvalue weighted by Gasteiger charge is 2.11. The fourth-order valence-corrected chi connectivity index (χ4v) is 2.24. The van der Waals surface area contributed by atoms with E-state index in [1.54, 1.807) is 56.3 Å².